The van der Waals surface area contributed by atoms with Gasteiger partial charge >= 0.3 is 5.97 Å². The van der Waals surface area contributed by atoms with Crippen molar-refractivity contribution in [2.75, 3.05) is 31.3 Å². The van der Waals surface area contributed by atoms with E-state index in [9.17, 15) is 9.90 Å². The average molecular weight is 531 g/mol. The molecule has 0 amide bonds. The van der Waals surface area contributed by atoms with Gasteiger partial charge in [0.2, 0.25) is 0 Å². The third-order valence-electron chi connectivity index (χ3n) is 9.21. The number of nitrogens with zero attached hydrogens (tertiary/aromatic N) is 1. The first-order valence-corrected chi connectivity index (χ1v) is 17.7. The van der Waals surface area contributed by atoms with E-state index in [0.717, 1.165) is 19.3 Å². The molecule has 1 fully saturated rings. The molecule has 5 nitrogen and oxygen atoms in total. The summed E-state index contributed by atoms with van der Waals surface area (Å²) in [6.45, 7) is 19.8. The first-order valence-electron chi connectivity index (χ1n) is 15.2. The molecule has 1 N–H and O–H groups in total. The fourth-order valence-corrected chi connectivity index (χ4v) is 11.1. The molecule has 0 aromatic heterocycles. The highest BCUT2D eigenvalue weighted by Crippen LogP contribution is 2.61. The molecule has 36 heavy (non-hydrogen) atoms. The number of ether oxygens (including phenoxy) is 1. The second-order valence-corrected chi connectivity index (χ2v) is 16.5. The summed E-state index contributed by atoms with van der Waals surface area (Å²) < 4.78 is 5.78. The Morgan fingerprint density at radius 2 is 1.44 bits per heavy atom. The van der Waals surface area contributed by atoms with Crippen molar-refractivity contribution >= 4 is 13.2 Å². The topological polar surface area (TPSA) is 59.0 Å². The summed E-state index contributed by atoms with van der Waals surface area (Å²) in [4.78, 5) is 19.4. The number of carbonyl (C=O) groups is 1. The number of aliphatic hydroxyl groups excluding tert-OH is 1. The van der Waals surface area contributed by atoms with E-state index in [4.69, 9.17) is 9.57 Å². The molecule has 214 valence electrons. The normalized spacial score (nSPS) is 28.3. The molecule has 0 aliphatic carbocycles. The van der Waals surface area contributed by atoms with Crippen LogP contribution in [0, 0.1) is 5.92 Å². The highest BCUT2D eigenvalue weighted by atomic mass is 31.2. The molecule has 0 saturated carbocycles. The Balaban J connectivity index is 2.79. The van der Waals surface area contributed by atoms with Crippen molar-refractivity contribution in [2.24, 2.45) is 5.92 Å². The van der Waals surface area contributed by atoms with Gasteiger partial charge in [-0.3, -0.25) is 4.84 Å². The van der Waals surface area contributed by atoms with Crippen molar-refractivity contribution in [3.05, 3.63) is 0 Å². The standard InChI is InChI=1S/C30H61NO4P/c1-10-15-20-36(21-16-11-2,22-17-12-3)23-18-19-34-28(33)26(7)35-31-29(8,13-4)24-27(32)25(6)30(31,9)14-5/h25-27,32H,10-24H2,1-9H3/q+1. The van der Waals surface area contributed by atoms with Crippen molar-refractivity contribution in [3.8, 4) is 0 Å². The van der Waals surface area contributed by atoms with Crippen molar-refractivity contribution in [1.82, 2.24) is 5.06 Å². The lowest BCUT2D eigenvalue weighted by Gasteiger charge is -2.58. The van der Waals surface area contributed by atoms with Gasteiger partial charge in [0.05, 0.1) is 37.4 Å². The lowest BCUT2D eigenvalue weighted by atomic mass is 9.69. The van der Waals surface area contributed by atoms with Gasteiger partial charge in [-0.25, -0.2) is 4.79 Å². The fraction of sp³-hybridized carbons (Fsp3) is 0.967. The molecule has 1 aliphatic heterocycles. The van der Waals surface area contributed by atoms with E-state index in [1.165, 1.54) is 63.2 Å². The van der Waals surface area contributed by atoms with E-state index in [1.807, 2.05) is 12.0 Å². The fourth-order valence-electron chi connectivity index (χ4n) is 5.97. The maximum absolute atomic E-state index is 13.0. The van der Waals surface area contributed by atoms with Crippen LogP contribution in [0.4, 0.5) is 0 Å². The Kier molecular flexibility index (Phi) is 15.0. The van der Waals surface area contributed by atoms with Gasteiger partial charge in [-0.1, -0.05) is 60.8 Å². The summed E-state index contributed by atoms with van der Waals surface area (Å²) in [5.74, 6) is -0.220. The zero-order valence-electron chi connectivity index (χ0n) is 25.4. The Labute approximate surface area is 224 Å². The van der Waals surface area contributed by atoms with Gasteiger partial charge in [-0.05, 0) is 59.3 Å². The number of carbonyl (C=O) groups excluding carboxylic acids is 1. The number of piperidine rings is 1. The van der Waals surface area contributed by atoms with Gasteiger partial charge in [0.25, 0.3) is 0 Å². The summed E-state index contributed by atoms with van der Waals surface area (Å²) >= 11 is 0. The van der Waals surface area contributed by atoms with Crippen LogP contribution in [0.1, 0.15) is 127 Å². The molecule has 0 radical (unpaired) electrons. The molecule has 1 rings (SSSR count). The second-order valence-electron chi connectivity index (χ2n) is 12.0. The van der Waals surface area contributed by atoms with Crippen LogP contribution in [0.5, 0.6) is 0 Å². The summed E-state index contributed by atoms with van der Waals surface area (Å²) in [7, 11) is -0.968. The zero-order chi connectivity index (χ0) is 27.4. The third kappa shape index (κ3) is 8.92. The van der Waals surface area contributed by atoms with Crippen molar-refractivity contribution in [1.29, 1.82) is 0 Å². The van der Waals surface area contributed by atoms with Crippen LogP contribution >= 0.6 is 7.26 Å². The van der Waals surface area contributed by atoms with Gasteiger partial charge in [-0.2, -0.15) is 5.06 Å². The zero-order valence-corrected chi connectivity index (χ0v) is 26.3. The van der Waals surface area contributed by atoms with Gasteiger partial charge in [0, 0.05) is 30.7 Å². The highest BCUT2D eigenvalue weighted by molar-refractivity contribution is 7.75. The molecule has 0 spiro atoms. The molecule has 6 heteroatoms. The molecule has 1 aliphatic rings. The maximum Gasteiger partial charge on any atom is 0.337 e. The van der Waals surface area contributed by atoms with E-state index >= 15 is 0 Å². The van der Waals surface area contributed by atoms with Gasteiger partial charge in [-0.15, -0.1) is 0 Å². The van der Waals surface area contributed by atoms with Gasteiger partial charge in [0.1, 0.15) is 0 Å². The molecule has 0 bridgehead atoms. The Morgan fingerprint density at radius 3 is 1.89 bits per heavy atom. The Bertz CT molecular complexity index is 610. The van der Waals surface area contributed by atoms with Crippen LogP contribution in [0.15, 0.2) is 0 Å². The van der Waals surface area contributed by atoms with Gasteiger partial charge < -0.3 is 9.84 Å². The third-order valence-corrected chi connectivity index (χ3v) is 14.3. The maximum atomic E-state index is 13.0. The van der Waals surface area contributed by atoms with E-state index in [0.29, 0.717) is 13.0 Å². The number of aliphatic hydroxyl groups is 1. The van der Waals surface area contributed by atoms with E-state index in [1.54, 1.807) is 0 Å². The predicted octanol–water partition coefficient (Wildman–Crippen LogP) is 7.70. The lowest BCUT2D eigenvalue weighted by Crippen LogP contribution is -2.68. The molecule has 0 aromatic carbocycles. The second kappa shape index (κ2) is 16.0. The minimum atomic E-state index is -0.968. The first-order chi connectivity index (χ1) is 17.0. The number of unbranched alkanes of at least 4 members (excludes halogenated alkanes) is 3. The molecule has 1 heterocycles. The summed E-state index contributed by atoms with van der Waals surface area (Å²) in [5, 5.41) is 12.8. The molecule has 0 aromatic rings. The Hall–Kier alpha value is -0.220. The smallest absolute Gasteiger partial charge is 0.337 e. The van der Waals surface area contributed by atoms with Crippen LogP contribution in [-0.2, 0) is 14.4 Å². The number of rotatable bonds is 18. The van der Waals surface area contributed by atoms with Crippen molar-refractivity contribution < 1.29 is 19.5 Å². The summed E-state index contributed by atoms with van der Waals surface area (Å²) in [5.41, 5.74) is -0.675. The molecule has 5 unspecified atom stereocenters. The van der Waals surface area contributed by atoms with Crippen LogP contribution in [0.2, 0.25) is 0 Å². The predicted molar refractivity (Wildman–Crippen MR) is 156 cm³/mol. The number of hydroxylamine groups is 2. The SMILES string of the molecule is CCCC[P+](CCCC)(CCCC)CCCOC(=O)C(C)ON1C(C)(CC)CC(O)C(C)C1(C)CC. The summed E-state index contributed by atoms with van der Waals surface area (Å²) in [6, 6.07) is 0. The van der Waals surface area contributed by atoms with Crippen LogP contribution < -0.4 is 0 Å². The lowest BCUT2D eigenvalue weighted by molar-refractivity contribution is -0.331. The van der Waals surface area contributed by atoms with E-state index in [2.05, 4.69) is 55.4 Å². The number of hydrogen-bond donors (Lipinski definition) is 1. The van der Waals surface area contributed by atoms with Crippen LogP contribution in [-0.4, -0.2) is 70.7 Å². The van der Waals surface area contributed by atoms with Crippen molar-refractivity contribution in [2.45, 2.75) is 150 Å². The average Bonchev–Trinajstić information content (AvgIpc) is 2.88. The Morgan fingerprint density at radius 1 is 0.944 bits per heavy atom. The number of hydrogen-bond acceptors (Lipinski definition) is 5. The molecular weight excluding hydrogens is 469 g/mol. The quantitative estimate of drug-likeness (QED) is 0.112. The first kappa shape index (κ1) is 33.8. The molecule has 1 saturated heterocycles. The van der Waals surface area contributed by atoms with E-state index < -0.39 is 13.4 Å². The van der Waals surface area contributed by atoms with Crippen LogP contribution in [0.3, 0.4) is 0 Å². The molecule has 5 atom stereocenters. The van der Waals surface area contributed by atoms with E-state index in [-0.39, 0.29) is 29.1 Å². The van der Waals surface area contributed by atoms with Crippen molar-refractivity contribution in [3.63, 3.8) is 0 Å². The highest BCUT2D eigenvalue weighted by Gasteiger charge is 2.54. The summed E-state index contributed by atoms with van der Waals surface area (Å²) in [6.07, 6.45) is 15.5. The number of esters is 1. The largest absolute Gasteiger partial charge is 0.464 e. The minimum Gasteiger partial charge on any atom is -0.464 e. The van der Waals surface area contributed by atoms with Gasteiger partial charge in [0.15, 0.2) is 6.10 Å². The van der Waals surface area contributed by atoms with Crippen LogP contribution in [0.25, 0.3) is 0 Å². The monoisotopic (exact) mass is 530 g/mol. The minimum absolute atomic E-state index is 0.0526. The molecular formula is C30H61NO4P+.